The number of aliphatic hydroxyl groups excluding tert-OH is 2. The van der Waals surface area contributed by atoms with Crippen molar-refractivity contribution in [3.8, 4) is 0 Å². The molecule has 4 atom stereocenters. The first-order chi connectivity index (χ1) is 11.0. The predicted octanol–water partition coefficient (Wildman–Crippen LogP) is 3.22. The van der Waals surface area contributed by atoms with Crippen LogP contribution in [0.1, 0.15) is 85.5 Å². The lowest BCUT2D eigenvalue weighted by molar-refractivity contribution is 0.124. The van der Waals surface area contributed by atoms with E-state index in [1.54, 1.807) is 6.92 Å². The average molecular weight is 331 g/mol. The van der Waals surface area contributed by atoms with Gasteiger partial charge in [0.05, 0.1) is 12.2 Å². The van der Waals surface area contributed by atoms with Gasteiger partial charge in [0.1, 0.15) is 0 Å². The van der Waals surface area contributed by atoms with Gasteiger partial charge in [-0.05, 0) is 33.7 Å². The summed E-state index contributed by atoms with van der Waals surface area (Å²) in [5.41, 5.74) is 0. The number of rotatable bonds is 16. The molecule has 0 saturated heterocycles. The summed E-state index contributed by atoms with van der Waals surface area (Å²) in [6.07, 6.45) is 11.2. The first-order valence-electron chi connectivity index (χ1n) is 9.81. The molecule has 0 aliphatic heterocycles. The standard InChI is InChI=1S/C19H42N2O2/c1-5-6-7-8-9-10-11-12-13-14-20-19(18(4)23)15-21-16(2)17(3)22/h16-23H,5-15H2,1-4H3. The van der Waals surface area contributed by atoms with Gasteiger partial charge < -0.3 is 20.8 Å². The zero-order chi connectivity index (χ0) is 17.5. The van der Waals surface area contributed by atoms with E-state index >= 15 is 0 Å². The molecule has 0 spiro atoms. The fraction of sp³-hybridized carbons (Fsp3) is 1.00. The molecule has 0 saturated carbocycles. The minimum atomic E-state index is -0.387. The molecule has 4 heteroatoms. The monoisotopic (exact) mass is 330 g/mol. The average Bonchev–Trinajstić information content (AvgIpc) is 2.51. The van der Waals surface area contributed by atoms with Crippen molar-refractivity contribution in [2.75, 3.05) is 13.1 Å². The SMILES string of the molecule is CCCCCCCCCCCNC(CNC(C)C(C)O)C(C)O. The van der Waals surface area contributed by atoms with Crippen LogP contribution in [-0.2, 0) is 0 Å². The van der Waals surface area contributed by atoms with Crippen molar-refractivity contribution in [3.05, 3.63) is 0 Å². The van der Waals surface area contributed by atoms with Crippen LogP contribution in [0.2, 0.25) is 0 Å². The van der Waals surface area contributed by atoms with E-state index in [1.165, 1.54) is 57.8 Å². The van der Waals surface area contributed by atoms with E-state index in [2.05, 4.69) is 17.6 Å². The second-order valence-electron chi connectivity index (χ2n) is 7.07. The first kappa shape index (κ1) is 22.8. The van der Waals surface area contributed by atoms with Crippen LogP contribution in [0.3, 0.4) is 0 Å². The molecule has 0 radical (unpaired) electrons. The van der Waals surface area contributed by atoms with Gasteiger partial charge >= 0.3 is 0 Å². The Morgan fingerprint density at radius 2 is 1.22 bits per heavy atom. The van der Waals surface area contributed by atoms with Gasteiger partial charge in [-0.15, -0.1) is 0 Å². The van der Waals surface area contributed by atoms with Crippen molar-refractivity contribution in [2.45, 2.75) is 110 Å². The summed E-state index contributed by atoms with van der Waals surface area (Å²) in [5, 5.41) is 26.0. The molecule has 0 aliphatic rings. The highest BCUT2D eigenvalue weighted by Crippen LogP contribution is 2.09. The number of hydrogen-bond donors (Lipinski definition) is 4. The largest absolute Gasteiger partial charge is 0.392 e. The molecule has 4 unspecified atom stereocenters. The molecule has 4 N–H and O–H groups in total. The minimum absolute atomic E-state index is 0.0465. The zero-order valence-electron chi connectivity index (χ0n) is 16.0. The Labute approximate surface area is 144 Å². The Morgan fingerprint density at radius 3 is 1.70 bits per heavy atom. The molecule has 0 bridgehead atoms. The molecule has 0 heterocycles. The van der Waals surface area contributed by atoms with Gasteiger partial charge in [-0.2, -0.15) is 0 Å². The Bertz CT molecular complexity index is 248. The molecule has 23 heavy (non-hydrogen) atoms. The molecular formula is C19H42N2O2. The molecule has 0 aliphatic carbocycles. The summed E-state index contributed by atoms with van der Waals surface area (Å²) in [4.78, 5) is 0. The van der Waals surface area contributed by atoms with Gasteiger partial charge in [-0.1, -0.05) is 58.3 Å². The fourth-order valence-electron chi connectivity index (χ4n) is 2.62. The molecule has 0 fully saturated rings. The lowest BCUT2D eigenvalue weighted by Crippen LogP contribution is -2.49. The molecule has 0 rings (SSSR count). The lowest BCUT2D eigenvalue weighted by atomic mass is 10.1. The third kappa shape index (κ3) is 13.9. The van der Waals surface area contributed by atoms with Crippen LogP contribution in [0.4, 0.5) is 0 Å². The van der Waals surface area contributed by atoms with Crippen LogP contribution in [0, 0.1) is 0 Å². The van der Waals surface area contributed by atoms with E-state index in [9.17, 15) is 10.2 Å². The van der Waals surface area contributed by atoms with Gasteiger partial charge in [0.2, 0.25) is 0 Å². The summed E-state index contributed by atoms with van der Waals surface area (Å²) in [6.45, 7) is 9.46. The second kappa shape index (κ2) is 15.4. The van der Waals surface area contributed by atoms with Crippen molar-refractivity contribution in [1.29, 1.82) is 0 Å². The predicted molar refractivity (Wildman–Crippen MR) is 99.8 cm³/mol. The van der Waals surface area contributed by atoms with Crippen LogP contribution >= 0.6 is 0 Å². The minimum Gasteiger partial charge on any atom is -0.392 e. The van der Waals surface area contributed by atoms with Crippen molar-refractivity contribution in [3.63, 3.8) is 0 Å². The summed E-state index contributed by atoms with van der Waals surface area (Å²) in [5.74, 6) is 0. The summed E-state index contributed by atoms with van der Waals surface area (Å²) in [7, 11) is 0. The Morgan fingerprint density at radius 1 is 0.696 bits per heavy atom. The molecule has 0 aromatic carbocycles. The van der Waals surface area contributed by atoms with E-state index in [0.29, 0.717) is 6.54 Å². The van der Waals surface area contributed by atoms with E-state index in [4.69, 9.17) is 0 Å². The summed E-state index contributed by atoms with van der Waals surface area (Å²) >= 11 is 0. The summed E-state index contributed by atoms with van der Waals surface area (Å²) < 4.78 is 0. The van der Waals surface area contributed by atoms with Crippen LogP contribution in [0.5, 0.6) is 0 Å². The number of hydrogen-bond acceptors (Lipinski definition) is 4. The van der Waals surface area contributed by atoms with E-state index in [1.807, 2.05) is 13.8 Å². The second-order valence-corrected chi connectivity index (χ2v) is 7.07. The van der Waals surface area contributed by atoms with Crippen LogP contribution in [0.15, 0.2) is 0 Å². The first-order valence-corrected chi connectivity index (χ1v) is 9.81. The highest BCUT2D eigenvalue weighted by molar-refractivity contribution is 4.78. The third-order valence-electron chi connectivity index (χ3n) is 4.65. The highest BCUT2D eigenvalue weighted by atomic mass is 16.3. The Hall–Kier alpha value is -0.160. The number of nitrogens with one attached hydrogen (secondary N) is 2. The van der Waals surface area contributed by atoms with Crippen molar-refractivity contribution < 1.29 is 10.2 Å². The number of aliphatic hydroxyl groups is 2. The smallest absolute Gasteiger partial charge is 0.0677 e. The van der Waals surface area contributed by atoms with Crippen LogP contribution in [0.25, 0.3) is 0 Å². The van der Waals surface area contributed by atoms with Crippen LogP contribution < -0.4 is 10.6 Å². The maximum absolute atomic E-state index is 9.84. The normalized spacial score (nSPS) is 17.0. The van der Waals surface area contributed by atoms with Gasteiger partial charge in [0, 0.05) is 18.6 Å². The van der Waals surface area contributed by atoms with Gasteiger partial charge in [-0.25, -0.2) is 0 Å². The van der Waals surface area contributed by atoms with Gasteiger partial charge in [0.25, 0.3) is 0 Å². The fourth-order valence-corrected chi connectivity index (χ4v) is 2.62. The zero-order valence-corrected chi connectivity index (χ0v) is 16.0. The van der Waals surface area contributed by atoms with E-state index in [0.717, 1.165) is 6.54 Å². The van der Waals surface area contributed by atoms with Crippen LogP contribution in [-0.4, -0.2) is 47.6 Å². The molecule has 0 amide bonds. The molecule has 4 nitrogen and oxygen atoms in total. The van der Waals surface area contributed by atoms with Gasteiger partial charge in [-0.3, -0.25) is 0 Å². The Balaban J connectivity index is 3.57. The van der Waals surface area contributed by atoms with Crippen molar-refractivity contribution in [1.82, 2.24) is 10.6 Å². The topological polar surface area (TPSA) is 64.5 Å². The number of unbranched alkanes of at least 4 members (excludes halogenated alkanes) is 8. The van der Waals surface area contributed by atoms with Crippen molar-refractivity contribution in [2.24, 2.45) is 0 Å². The third-order valence-corrected chi connectivity index (χ3v) is 4.65. The maximum atomic E-state index is 9.84. The summed E-state index contributed by atoms with van der Waals surface area (Å²) in [6, 6.07) is 0.0935. The van der Waals surface area contributed by atoms with E-state index in [-0.39, 0.29) is 24.3 Å². The lowest BCUT2D eigenvalue weighted by Gasteiger charge is -2.25. The maximum Gasteiger partial charge on any atom is 0.0677 e. The van der Waals surface area contributed by atoms with Gasteiger partial charge in [0.15, 0.2) is 0 Å². The molecule has 140 valence electrons. The Kier molecular flexibility index (Phi) is 15.3. The molecule has 0 aromatic rings. The highest BCUT2D eigenvalue weighted by Gasteiger charge is 2.16. The quantitative estimate of drug-likeness (QED) is 0.328. The van der Waals surface area contributed by atoms with E-state index < -0.39 is 0 Å². The molecule has 0 aromatic heterocycles. The molecular weight excluding hydrogens is 288 g/mol. The van der Waals surface area contributed by atoms with Crippen molar-refractivity contribution >= 4 is 0 Å².